The maximum Gasteiger partial charge on any atom is 0.435 e. The fourth-order valence-electron chi connectivity index (χ4n) is 5.11. The second-order valence-electron chi connectivity index (χ2n) is 11.0. The van der Waals surface area contributed by atoms with Crippen LogP contribution in [-0.4, -0.2) is 34.8 Å². The number of sulfonamides is 1. The predicted molar refractivity (Wildman–Crippen MR) is 154 cm³/mol. The molecule has 1 atom stereocenters. The number of ether oxygens (including phenoxy) is 1. The van der Waals surface area contributed by atoms with Crippen LogP contribution in [0.3, 0.4) is 0 Å². The molecule has 0 aliphatic carbocycles. The van der Waals surface area contributed by atoms with Gasteiger partial charge in [-0.15, -0.1) is 0 Å². The topological polar surface area (TPSA) is 111 Å². The highest BCUT2D eigenvalue weighted by molar-refractivity contribution is 7.90. The Morgan fingerprint density at radius 3 is 2.23 bits per heavy atom. The van der Waals surface area contributed by atoms with Gasteiger partial charge in [0, 0.05) is 17.5 Å². The first kappa shape index (κ1) is 30.1. The number of hydrogen-bond acceptors (Lipinski definition) is 6. The van der Waals surface area contributed by atoms with E-state index in [1.54, 1.807) is 45.0 Å². The first-order valence-electron chi connectivity index (χ1n) is 13.4. The van der Waals surface area contributed by atoms with Crippen LogP contribution in [0.25, 0.3) is 16.9 Å². The Morgan fingerprint density at radius 2 is 1.63 bits per heavy atom. The number of rotatable bonds is 5. The number of nitrogens with zero attached hydrogens (tertiary/aromatic N) is 2. The molecule has 1 unspecified atom stereocenters. The average molecular weight is 614 g/mol. The standard InChI is InChI=1S/C31H30F3N3O5S/c1-17-6-8-21(9-7-17)25-16-26(31(32,33)34)35-37(25)22-10-12-23(13-11-22)43(40,41)36-29(39)30(5)15-14-24-20(4)27(38)18(2)19(3)28(24)42-30/h6-13,16,38H,14-15H2,1-5H3,(H,36,39). The van der Waals surface area contributed by atoms with Gasteiger partial charge in [-0.1, -0.05) is 29.8 Å². The molecule has 0 bridgehead atoms. The Hall–Kier alpha value is -4.32. The number of halogens is 3. The summed E-state index contributed by atoms with van der Waals surface area (Å²) in [5.41, 5.74) is 1.88. The number of alkyl halides is 3. The quantitative estimate of drug-likeness (QED) is 0.282. The van der Waals surface area contributed by atoms with Crippen molar-refractivity contribution < 1.29 is 36.2 Å². The van der Waals surface area contributed by atoms with E-state index in [9.17, 15) is 31.5 Å². The summed E-state index contributed by atoms with van der Waals surface area (Å²) < 4.78 is 76.3. The molecule has 4 aromatic rings. The zero-order valence-electron chi connectivity index (χ0n) is 24.1. The van der Waals surface area contributed by atoms with Crippen molar-refractivity contribution in [2.24, 2.45) is 0 Å². The minimum atomic E-state index is -4.69. The van der Waals surface area contributed by atoms with E-state index < -0.39 is 33.4 Å². The lowest BCUT2D eigenvalue weighted by atomic mass is 9.87. The highest BCUT2D eigenvalue weighted by Crippen LogP contribution is 2.43. The Bertz CT molecular complexity index is 1850. The fraction of sp³-hybridized carbons (Fsp3) is 0.290. The van der Waals surface area contributed by atoms with Crippen molar-refractivity contribution in [2.75, 3.05) is 0 Å². The van der Waals surface area contributed by atoms with Gasteiger partial charge in [0.25, 0.3) is 15.9 Å². The van der Waals surface area contributed by atoms with Crippen LogP contribution in [0.15, 0.2) is 59.5 Å². The average Bonchev–Trinajstić information content (AvgIpc) is 3.41. The number of aromatic hydroxyl groups is 1. The summed E-state index contributed by atoms with van der Waals surface area (Å²) >= 11 is 0. The van der Waals surface area contributed by atoms with Gasteiger partial charge in [0.1, 0.15) is 11.5 Å². The summed E-state index contributed by atoms with van der Waals surface area (Å²) in [5.74, 6) is -0.261. The van der Waals surface area contributed by atoms with E-state index in [1.165, 1.54) is 31.2 Å². The number of aromatic nitrogens is 2. The van der Waals surface area contributed by atoms with Gasteiger partial charge < -0.3 is 9.84 Å². The van der Waals surface area contributed by atoms with Crippen LogP contribution in [-0.2, 0) is 27.4 Å². The summed E-state index contributed by atoms with van der Waals surface area (Å²) in [6.07, 6.45) is -4.13. The normalized spacial score (nSPS) is 16.8. The number of phenolic OH excluding ortho intramolecular Hbond substituents is 1. The molecule has 2 N–H and O–H groups in total. The molecule has 0 fully saturated rings. The molecule has 2 heterocycles. The highest BCUT2D eigenvalue weighted by Gasteiger charge is 2.42. The van der Waals surface area contributed by atoms with E-state index in [0.29, 0.717) is 34.4 Å². The molecule has 43 heavy (non-hydrogen) atoms. The van der Waals surface area contributed by atoms with Crippen molar-refractivity contribution in [3.63, 3.8) is 0 Å². The minimum absolute atomic E-state index is 0.162. The number of fused-ring (bicyclic) bond motifs is 1. The molecule has 1 aliphatic rings. The Balaban J connectivity index is 1.41. The van der Waals surface area contributed by atoms with Gasteiger partial charge in [-0.2, -0.15) is 18.3 Å². The smallest absolute Gasteiger partial charge is 0.435 e. The van der Waals surface area contributed by atoms with E-state index in [4.69, 9.17) is 4.74 Å². The van der Waals surface area contributed by atoms with Crippen LogP contribution in [0.1, 0.15) is 46.9 Å². The molecular formula is C31H30F3N3O5S. The van der Waals surface area contributed by atoms with Crippen molar-refractivity contribution in [3.8, 4) is 28.4 Å². The van der Waals surface area contributed by atoms with E-state index in [2.05, 4.69) is 9.82 Å². The molecular weight excluding hydrogens is 583 g/mol. The zero-order valence-corrected chi connectivity index (χ0v) is 24.9. The lowest BCUT2D eigenvalue weighted by molar-refractivity contribution is -0.141. The summed E-state index contributed by atoms with van der Waals surface area (Å²) in [7, 11) is -4.37. The predicted octanol–water partition coefficient (Wildman–Crippen LogP) is 6.09. The van der Waals surface area contributed by atoms with Crippen LogP contribution in [0.2, 0.25) is 0 Å². The number of phenols is 1. The molecule has 1 amide bonds. The third kappa shape index (κ3) is 5.47. The lowest BCUT2D eigenvalue weighted by Gasteiger charge is -2.36. The molecule has 1 aromatic heterocycles. The Kier molecular flexibility index (Phi) is 7.32. The number of hydrogen-bond donors (Lipinski definition) is 2. The molecule has 0 saturated heterocycles. The molecule has 3 aromatic carbocycles. The van der Waals surface area contributed by atoms with Crippen molar-refractivity contribution >= 4 is 15.9 Å². The highest BCUT2D eigenvalue weighted by atomic mass is 32.2. The van der Waals surface area contributed by atoms with Crippen LogP contribution in [0.5, 0.6) is 11.5 Å². The largest absolute Gasteiger partial charge is 0.507 e. The molecule has 0 radical (unpaired) electrons. The van der Waals surface area contributed by atoms with E-state index in [-0.39, 0.29) is 28.4 Å². The van der Waals surface area contributed by atoms with E-state index >= 15 is 0 Å². The lowest BCUT2D eigenvalue weighted by Crippen LogP contribution is -2.52. The molecule has 0 spiro atoms. The molecule has 12 heteroatoms. The number of nitrogens with one attached hydrogen (secondary N) is 1. The third-order valence-electron chi connectivity index (χ3n) is 7.97. The first-order chi connectivity index (χ1) is 20.0. The van der Waals surface area contributed by atoms with E-state index in [1.807, 2.05) is 6.92 Å². The fourth-order valence-corrected chi connectivity index (χ4v) is 6.18. The number of carbonyl (C=O) groups excluding carboxylic acids is 1. The monoisotopic (exact) mass is 613 g/mol. The van der Waals surface area contributed by atoms with Crippen molar-refractivity contribution in [2.45, 2.75) is 64.1 Å². The van der Waals surface area contributed by atoms with Gasteiger partial charge >= 0.3 is 6.18 Å². The van der Waals surface area contributed by atoms with E-state index in [0.717, 1.165) is 21.9 Å². The van der Waals surface area contributed by atoms with Crippen LogP contribution in [0.4, 0.5) is 13.2 Å². The van der Waals surface area contributed by atoms with Crippen LogP contribution < -0.4 is 9.46 Å². The second kappa shape index (κ2) is 10.4. The Labute approximate surface area is 247 Å². The van der Waals surface area contributed by atoms with Crippen LogP contribution in [0, 0.1) is 27.7 Å². The van der Waals surface area contributed by atoms with Crippen molar-refractivity contribution in [1.29, 1.82) is 0 Å². The Morgan fingerprint density at radius 1 is 1.00 bits per heavy atom. The number of amides is 1. The number of carbonyl (C=O) groups is 1. The second-order valence-corrected chi connectivity index (χ2v) is 12.7. The van der Waals surface area contributed by atoms with Gasteiger partial charge in [-0.05, 0) is 88.1 Å². The van der Waals surface area contributed by atoms with Gasteiger partial charge in [0.05, 0.1) is 16.3 Å². The van der Waals surface area contributed by atoms with Gasteiger partial charge in [-0.3, -0.25) is 4.79 Å². The first-order valence-corrected chi connectivity index (χ1v) is 14.9. The summed E-state index contributed by atoms with van der Waals surface area (Å²) in [5, 5.41) is 14.1. The van der Waals surface area contributed by atoms with Crippen molar-refractivity contribution in [3.05, 3.63) is 88.1 Å². The SMILES string of the molecule is Cc1ccc(-c2cc(C(F)(F)F)nn2-c2ccc(S(=O)(=O)NC(=O)C3(C)CCc4c(C)c(O)c(C)c(C)c4O3)cc2)cc1. The van der Waals surface area contributed by atoms with Crippen LogP contribution >= 0.6 is 0 Å². The minimum Gasteiger partial charge on any atom is -0.507 e. The van der Waals surface area contributed by atoms with Gasteiger partial charge in [0.2, 0.25) is 0 Å². The van der Waals surface area contributed by atoms with Crippen molar-refractivity contribution in [1.82, 2.24) is 14.5 Å². The third-order valence-corrected chi connectivity index (χ3v) is 9.31. The maximum absolute atomic E-state index is 13.5. The summed E-state index contributed by atoms with van der Waals surface area (Å²) in [6, 6.07) is 12.8. The van der Waals surface area contributed by atoms with Gasteiger partial charge in [-0.25, -0.2) is 17.8 Å². The molecule has 1 aliphatic heterocycles. The number of aryl methyl sites for hydroxylation is 1. The number of benzene rings is 3. The molecule has 5 rings (SSSR count). The summed E-state index contributed by atoms with van der Waals surface area (Å²) in [6.45, 7) is 8.62. The molecule has 8 nitrogen and oxygen atoms in total. The van der Waals surface area contributed by atoms with Gasteiger partial charge in [0.15, 0.2) is 11.3 Å². The maximum atomic E-state index is 13.5. The zero-order chi connectivity index (χ0) is 31.5. The summed E-state index contributed by atoms with van der Waals surface area (Å²) in [4.78, 5) is 13.0. The molecule has 226 valence electrons. The molecule has 0 saturated carbocycles.